The van der Waals surface area contributed by atoms with Crippen molar-refractivity contribution >= 4 is 34.4 Å². The van der Waals surface area contributed by atoms with Gasteiger partial charge in [0.25, 0.3) is 5.56 Å². The minimum Gasteiger partial charge on any atom is -0.299 e. The fourth-order valence-corrected chi connectivity index (χ4v) is 2.76. The Hall–Kier alpha value is -3.13. The predicted molar refractivity (Wildman–Crippen MR) is 108 cm³/mol. The zero-order chi connectivity index (χ0) is 19.7. The molecule has 1 aromatic carbocycles. The summed E-state index contributed by atoms with van der Waals surface area (Å²) in [6.45, 7) is 7.93. The number of halogens is 1. The first-order valence-corrected chi connectivity index (χ1v) is 8.56. The van der Waals surface area contributed by atoms with Crippen molar-refractivity contribution in [3.8, 4) is 0 Å². The first-order chi connectivity index (χ1) is 12.8. The van der Waals surface area contributed by atoms with Crippen molar-refractivity contribution in [2.45, 2.75) is 20.4 Å². The van der Waals surface area contributed by atoms with E-state index >= 15 is 0 Å². The molecule has 0 saturated carbocycles. The van der Waals surface area contributed by atoms with E-state index in [0.29, 0.717) is 23.2 Å². The minimum absolute atomic E-state index is 0.270. The molecule has 0 saturated heterocycles. The lowest BCUT2D eigenvalue weighted by molar-refractivity contribution is 0.799. The van der Waals surface area contributed by atoms with Gasteiger partial charge in [-0.2, -0.15) is 10.1 Å². The van der Waals surface area contributed by atoms with Gasteiger partial charge in [0.1, 0.15) is 0 Å². The average Bonchev–Trinajstić information content (AvgIpc) is 2.96. The molecule has 0 aliphatic carbocycles. The van der Waals surface area contributed by atoms with Gasteiger partial charge in [-0.1, -0.05) is 35.9 Å². The molecule has 0 fully saturated rings. The van der Waals surface area contributed by atoms with Crippen LogP contribution in [0.1, 0.15) is 19.4 Å². The summed E-state index contributed by atoms with van der Waals surface area (Å²) in [6, 6.07) is 7.27. The number of rotatable bonds is 5. The highest BCUT2D eigenvalue weighted by Gasteiger charge is 2.17. The highest BCUT2D eigenvalue weighted by molar-refractivity contribution is 6.30. The number of aromatic amines is 1. The number of H-pyrrole nitrogens is 1. The molecule has 140 valence electrons. The van der Waals surface area contributed by atoms with Crippen molar-refractivity contribution in [3.63, 3.8) is 0 Å². The lowest BCUT2D eigenvalue weighted by atomic mass is 10.1. The zero-order valence-electron chi connectivity index (χ0n) is 15.2. The quantitative estimate of drug-likeness (QED) is 0.400. The fourth-order valence-electron chi connectivity index (χ4n) is 2.63. The van der Waals surface area contributed by atoms with Crippen molar-refractivity contribution in [2.24, 2.45) is 12.1 Å². The third-order valence-electron chi connectivity index (χ3n) is 4.02. The van der Waals surface area contributed by atoms with Crippen molar-refractivity contribution in [3.05, 3.63) is 67.8 Å². The number of anilines is 1. The molecule has 0 amide bonds. The Morgan fingerprint density at radius 1 is 1.30 bits per heavy atom. The molecule has 3 rings (SSSR count). The topological polar surface area (TPSA) is 97.1 Å². The maximum Gasteiger partial charge on any atom is 0.329 e. The Labute approximate surface area is 159 Å². The molecule has 0 aliphatic heterocycles. The van der Waals surface area contributed by atoms with Crippen LogP contribution in [0.15, 0.2) is 51.1 Å². The molecule has 0 atom stereocenters. The second-order valence-electron chi connectivity index (χ2n) is 6.29. The molecule has 9 heteroatoms. The van der Waals surface area contributed by atoms with Crippen LogP contribution in [0.2, 0.25) is 5.02 Å². The summed E-state index contributed by atoms with van der Waals surface area (Å²) in [7, 11) is 1.55. The Bertz CT molecular complexity index is 1170. The molecule has 0 aliphatic rings. The standard InChI is InChI=1S/C18H19ClN6O2/c1-10(2)9-25-14-15(24(4)18(27)21-16(14)26)20-17(25)23-22-11(3)12-5-7-13(19)8-6-12/h5-8H,1,9H2,2-4H3,(H,20,23)(H,21,26,27)/b22-11-. The molecule has 8 nitrogen and oxygen atoms in total. The van der Waals surface area contributed by atoms with E-state index in [1.165, 1.54) is 4.57 Å². The number of aryl methyl sites for hydroxylation is 1. The van der Waals surface area contributed by atoms with Gasteiger partial charge in [-0.25, -0.2) is 10.2 Å². The lowest BCUT2D eigenvalue weighted by Crippen LogP contribution is -2.29. The Balaban J connectivity index is 2.09. The molecule has 2 aromatic heterocycles. The van der Waals surface area contributed by atoms with Crippen LogP contribution >= 0.6 is 11.6 Å². The molecule has 0 bridgehead atoms. The van der Waals surface area contributed by atoms with Gasteiger partial charge in [-0.05, 0) is 31.5 Å². The van der Waals surface area contributed by atoms with Gasteiger partial charge in [0.15, 0.2) is 11.2 Å². The van der Waals surface area contributed by atoms with Crippen molar-refractivity contribution in [2.75, 3.05) is 5.43 Å². The van der Waals surface area contributed by atoms with Crippen LogP contribution < -0.4 is 16.7 Å². The van der Waals surface area contributed by atoms with E-state index in [2.05, 4.69) is 27.1 Å². The highest BCUT2D eigenvalue weighted by Crippen LogP contribution is 2.17. The summed E-state index contributed by atoms with van der Waals surface area (Å²) in [5.74, 6) is 0.341. The van der Waals surface area contributed by atoms with Crippen LogP contribution in [0, 0.1) is 0 Å². The average molecular weight is 387 g/mol. The number of nitrogens with zero attached hydrogens (tertiary/aromatic N) is 4. The van der Waals surface area contributed by atoms with Crippen molar-refractivity contribution in [1.82, 2.24) is 19.1 Å². The van der Waals surface area contributed by atoms with Crippen LogP contribution in [0.4, 0.5) is 5.95 Å². The number of allylic oxidation sites excluding steroid dienone is 1. The van der Waals surface area contributed by atoms with Gasteiger partial charge in [0.05, 0.1) is 5.71 Å². The van der Waals surface area contributed by atoms with E-state index in [9.17, 15) is 9.59 Å². The van der Waals surface area contributed by atoms with E-state index in [1.54, 1.807) is 23.7 Å². The SMILES string of the molecule is C=C(C)Cn1c(N/N=C(/C)c2ccc(Cl)cc2)nc2c1c(=O)[nH]c(=O)n2C. The van der Waals surface area contributed by atoms with E-state index in [-0.39, 0.29) is 11.2 Å². The molecular formula is C18H19ClN6O2. The van der Waals surface area contributed by atoms with E-state index in [1.807, 2.05) is 26.0 Å². The van der Waals surface area contributed by atoms with Crippen LogP contribution in [0.3, 0.4) is 0 Å². The van der Waals surface area contributed by atoms with Gasteiger partial charge in [0.2, 0.25) is 5.95 Å². The second-order valence-corrected chi connectivity index (χ2v) is 6.72. The molecule has 3 aromatic rings. The largest absolute Gasteiger partial charge is 0.329 e. The highest BCUT2D eigenvalue weighted by atomic mass is 35.5. The Morgan fingerprint density at radius 2 is 1.96 bits per heavy atom. The summed E-state index contributed by atoms with van der Waals surface area (Å²) >= 11 is 5.91. The van der Waals surface area contributed by atoms with E-state index in [0.717, 1.165) is 11.1 Å². The number of hydrogen-bond donors (Lipinski definition) is 2. The van der Waals surface area contributed by atoms with Gasteiger partial charge in [-0.15, -0.1) is 0 Å². The van der Waals surface area contributed by atoms with Crippen LogP contribution in [-0.2, 0) is 13.6 Å². The summed E-state index contributed by atoms with van der Waals surface area (Å²) in [4.78, 5) is 30.9. The number of aromatic nitrogens is 4. The molecule has 2 N–H and O–H groups in total. The first kappa shape index (κ1) is 18.7. The number of fused-ring (bicyclic) bond motifs is 1. The third kappa shape index (κ3) is 3.70. The van der Waals surface area contributed by atoms with Gasteiger partial charge < -0.3 is 0 Å². The maximum absolute atomic E-state index is 12.3. The zero-order valence-corrected chi connectivity index (χ0v) is 16.0. The van der Waals surface area contributed by atoms with Gasteiger partial charge in [-0.3, -0.25) is 18.9 Å². The summed E-state index contributed by atoms with van der Waals surface area (Å²) in [5.41, 5.74) is 4.83. The fraction of sp³-hybridized carbons (Fsp3) is 0.222. The van der Waals surface area contributed by atoms with Crippen molar-refractivity contribution in [1.29, 1.82) is 0 Å². The van der Waals surface area contributed by atoms with Crippen LogP contribution in [0.25, 0.3) is 11.2 Å². The number of nitrogens with one attached hydrogen (secondary N) is 2. The summed E-state index contributed by atoms with van der Waals surface area (Å²) in [5, 5.41) is 4.99. The van der Waals surface area contributed by atoms with Gasteiger partial charge in [0, 0.05) is 18.6 Å². The first-order valence-electron chi connectivity index (χ1n) is 8.18. The minimum atomic E-state index is -0.528. The number of hydrazone groups is 1. The number of hydrogen-bond acceptors (Lipinski definition) is 5. The normalized spacial score (nSPS) is 11.8. The molecule has 0 unspecified atom stereocenters. The monoisotopic (exact) mass is 386 g/mol. The molecule has 0 radical (unpaired) electrons. The van der Waals surface area contributed by atoms with Crippen LogP contribution in [-0.4, -0.2) is 24.8 Å². The lowest BCUT2D eigenvalue weighted by Gasteiger charge is -2.08. The molecule has 27 heavy (non-hydrogen) atoms. The Kier molecular flexibility index (Phi) is 5.00. The maximum atomic E-state index is 12.3. The number of benzene rings is 1. The smallest absolute Gasteiger partial charge is 0.299 e. The number of imidazole rings is 1. The van der Waals surface area contributed by atoms with Crippen molar-refractivity contribution < 1.29 is 0 Å². The van der Waals surface area contributed by atoms with E-state index < -0.39 is 11.2 Å². The van der Waals surface area contributed by atoms with Gasteiger partial charge >= 0.3 is 5.69 Å². The van der Waals surface area contributed by atoms with E-state index in [4.69, 9.17) is 11.6 Å². The molecular weight excluding hydrogens is 368 g/mol. The predicted octanol–water partition coefficient (Wildman–Crippen LogP) is 2.49. The summed E-state index contributed by atoms with van der Waals surface area (Å²) < 4.78 is 2.93. The Morgan fingerprint density at radius 3 is 2.59 bits per heavy atom. The second kappa shape index (κ2) is 7.24. The molecule has 2 heterocycles. The molecule has 0 spiro atoms. The third-order valence-corrected chi connectivity index (χ3v) is 4.27. The van der Waals surface area contributed by atoms with Crippen LogP contribution in [0.5, 0.6) is 0 Å². The summed E-state index contributed by atoms with van der Waals surface area (Å²) in [6.07, 6.45) is 0.